The molecule has 2 heterocycles. The molecule has 0 saturated carbocycles. The van der Waals surface area contributed by atoms with Crippen molar-refractivity contribution in [2.75, 3.05) is 11.5 Å². The first-order valence-electron chi connectivity index (χ1n) is 5.68. The zero-order valence-electron chi connectivity index (χ0n) is 9.02. The van der Waals surface area contributed by atoms with Crippen molar-refractivity contribution in [1.82, 2.24) is 4.98 Å². The summed E-state index contributed by atoms with van der Waals surface area (Å²) < 4.78 is 0. The third-order valence-corrected chi connectivity index (χ3v) is 4.55. The summed E-state index contributed by atoms with van der Waals surface area (Å²) in [5, 5.41) is 11.6. The molecule has 0 spiro atoms. The van der Waals surface area contributed by atoms with E-state index in [4.69, 9.17) is 0 Å². The van der Waals surface area contributed by atoms with Crippen LogP contribution in [0.25, 0.3) is 10.9 Å². The Morgan fingerprint density at radius 2 is 2.31 bits per heavy atom. The Kier molecular flexibility index (Phi) is 2.65. The fourth-order valence-electron chi connectivity index (χ4n) is 2.42. The van der Waals surface area contributed by atoms with E-state index >= 15 is 0 Å². The van der Waals surface area contributed by atoms with Gasteiger partial charge in [-0.05, 0) is 41.5 Å². The lowest BCUT2D eigenvalue weighted by Crippen LogP contribution is -2.11. The molecule has 1 aromatic carbocycles. The van der Waals surface area contributed by atoms with Gasteiger partial charge in [-0.2, -0.15) is 11.8 Å². The largest absolute Gasteiger partial charge is 0.388 e. The number of hydrogen-bond acceptors (Lipinski definition) is 2. The molecule has 3 heteroatoms. The molecule has 1 fully saturated rings. The number of hydrogen-bond donors (Lipinski definition) is 2. The van der Waals surface area contributed by atoms with Crippen molar-refractivity contribution in [2.45, 2.75) is 12.5 Å². The van der Waals surface area contributed by atoms with E-state index in [9.17, 15) is 5.11 Å². The van der Waals surface area contributed by atoms with Gasteiger partial charge in [-0.3, -0.25) is 0 Å². The molecular weight excluding hydrogens is 218 g/mol. The van der Waals surface area contributed by atoms with Crippen LogP contribution in [0.1, 0.15) is 18.1 Å². The van der Waals surface area contributed by atoms with Crippen molar-refractivity contribution in [1.29, 1.82) is 0 Å². The summed E-state index contributed by atoms with van der Waals surface area (Å²) in [6.07, 6.45) is 2.76. The van der Waals surface area contributed by atoms with Gasteiger partial charge in [0.05, 0.1) is 6.10 Å². The minimum Gasteiger partial charge on any atom is -0.388 e. The first kappa shape index (κ1) is 10.2. The molecule has 0 bridgehead atoms. The number of aliphatic hydroxyl groups excluding tert-OH is 1. The second-order valence-electron chi connectivity index (χ2n) is 4.35. The van der Waals surface area contributed by atoms with Crippen LogP contribution < -0.4 is 0 Å². The van der Waals surface area contributed by atoms with Crippen molar-refractivity contribution in [2.24, 2.45) is 5.92 Å². The van der Waals surface area contributed by atoms with Crippen LogP contribution in [0.15, 0.2) is 30.5 Å². The summed E-state index contributed by atoms with van der Waals surface area (Å²) in [5.41, 5.74) is 2.19. The Balaban J connectivity index is 2.00. The molecule has 0 radical (unpaired) electrons. The maximum Gasteiger partial charge on any atom is 0.0832 e. The second kappa shape index (κ2) is 4.15. The van der Waals surface area contributed by atoms with Gasteiger partial charge >= 0.3 is 0 Å². The number of H-pyrrole nitrogens is 1. The van der Waals surface area contributed by atoms with E-state index in [-0.39, 0.29) is 6.10 Å². The third-order valence-electron chi connectivity index (χ3n) is 3.36. The Bertz CT molecular complexity index is 487. The van der Waals surface area contributed by atoms with E-state index in [2.05, 4.69) is 17.1 Å². The highest BCUT2D eigenvalue weighted by Crippen LogP contribution is 2.36. The molecule has 1 saturated heterocycles. The highest BCUT2D eigenvalue weighted by molar-refractivity contribution is 7.99. The fraction of sp³-hybridized carbons (Fsp3) is 0.385. The summed E-state index contributed by atoms with van der Waals surface area (Å²) >= 11 is 1.94. The average Bonchev–Trinajstić information content (AvgIpc) is 2.98. The van der Waals surface area contributed by atoms with Gasteiger partial charge in [-0.1, -0.05) is 12.1 Å². The van der Waals surface area contributed by atoms with Crippen molar-refractivity contribution in [3.8, 4) is 0 Å². The van der Waals surface area contributed by atoms with Gasteiger partial charge in [-0.15, -0.1) is 0 Å². The molecule has 0 amide bonds. The lowest BCUT2D eigenvalue weighted by molar-refractivity contribution is 0.123. The number of nitrogens with one attached hydrogen (secondary N) is 1. The normalized spacial score (nSPS) is 22.7. The highest BCUT2D eigenvalue weighted by Gasteiger charge is 2.25. The number of benzene rings is 1. The van der Waals surface area contributed by atoms with Gasteiger partial charge < -0.3 is 10.1 Å². The first-order valence-corrected chi connectivity index (χ1v) is 6.83. The predicted molar refractivity (Wildman–Crippen MR) is 68.7 cm³/mol. The Morgan fingerprint density at radius 3 is 3.12 bits per heavy atom. The van der Waals surface area contributed by atoms with Gasteiger partial charge in [0.15, 0.2) is 0 Å². The molecular formula is C13H15NOS. The molecule has 1 aromatic heterocycles. The summed E-state index contributed by atoms with van der Waals surface area (Å²) in [6, 6.07) is 8.16. The zero-order chi connectivity index (χ0) is 11.0. The monoisotopic (exact) mass is 233 g/mol. The smallest absolute Gasteiger partial charge is 0.0832 e. The molecule has 16 heavy (non-hydrogen) atoms. The van der Waals surface area contributed by atoms with Crippen LogP contribution in [-0.4, -0.2) is 21.6 Å². The van der Waals surface area contributed by atoms with E-state index in [0.717, 1.165) is 28.6 Å². The Hall–Kier alpha value is -0.930. The topological polar surface area (TPSA) is 36.0 Å². The number of rotatable bonds is 2. The fourth-order valence-corrected chi connectivity index (χ4v) is 3.71. The van der Waals surface area contributed by atoms with Crippen molar-refractivity contribution >= 4 is 22.7 Å². The second-order valence-corrected chi connectivity index (χ2v) is 5.50. The van der Waals surface area contributed by atoms with Gasteiger partial charge in [0.2, 0.25) is 0 Å². The maximum absolute atomic E-state index is 10.4. The highest BCUT2D eigenvalue weighted by atomic mass is 32.2. The third kappa shape index (κ3) is 1.64. The number of aromatic nitrogens is 1. The molecule has 84 valence electrons. The van der Waals surface area contributed by atoms with Crippen LogP contribution in [-0.2, 0) is 0 Å². The summed E-state index contributed by atoms with van der Waals surface area (Å²) in [4.78, 5) is 3.19. The standard InChI is InChI=1S/C13H15NOS/c15-13(9-5-7-16-8-9)11-2-1-3-12-10(11)4-6-14-12/h1-4,6,9,13-15H,5,7-8H2. The van der Waals surface area contributed by atoms with Crippen LogP contribution in [0.3, 0.4) is 0 Å². The summed E-state index contributed by atoms with van der Waals surface area (Å²) in [5.74, 6) is 2.69. The van der Waals surface area contributed by atoms with Crippen LogP contribution in [0.2, 0.25) is 0 Å². The van der Waals surface area contributed by atoms with E-state index < -0.39 is 0 Å². The molecule has 3 rings (SSSR count). The lowest BCUT2D eigenvalue weighted by atomic mass is 9.93. The number of fused-ring (bicyclic) bond motifs is 1. The molecule has 2 atom stereocenters. The molecule has 1 aliphatic rings. The minimum atomic E-state index is -0.311. The van der Waals surface area contributed by atoms with E-state index in [1.165, 1.54) is 5.75 Å². The molecule has 2 nitrogen and oxygen atoms in total. The van der Waals surface area contributed by atoms with E-state index in [1.54, 1.807) is 0 Å². The molecule has 2 aromatic rings. The van der Waals surface area contributed by atoms with Crippen LogP contribution in [0.4, 0.5) is 0 Å². The molecule has 2 unspecified atom stereocenters. The van der Waals surface area contributed by atoms with Gasteiger partial charge in [0.1, 0.15) is 0 Å². The van der Waals surface area contributed by atoms with E-state index in [0.29, 0.717) is 5.92 Å². The Labute approximate surface area is 99.1 Å². The Morgan fingerprint density at radius 1 is 1.38 bits per heavy atom. The lowest BCUT2D eigenvalue weighted by Gasteiger charge is -2.18. The molecule has 0 aliphatic carbocycles. The number of aliphatic hydroxyl groups is 1. The summed E-state index contributed by atoms with van der Waals surface area (Å²) in [6.45, 7) is 0. The van der Waals surface area contributed by atoms with Gasteiger partial charge in [-0.25, -0.2) is 0 Å². The van der Waals surface area contributed by atoms with Crippen molar-refractivity contribution in [3.63, 3.8) is 0 Å². The zero-order valence-corrected chi connectivity index (χ0v) is 9.83. The maximum atomic E-state index is 10.4. The van der Waals surface area contributed by atoms with Crippen molar-refractivity contribution < 1.29 is 5.11 Å². The number of aromatic amines is 1. The van der Waals surface area contributed by atoms with Crippen LogP contribution >= 0.6 is 11.8 Å². The van der Waals surface area contributed by atoms with Gasteiger partial charge in [0.25, 0.3) is 0 Å². The SMILES string of the molecule is OC(c1cccc2[nH]ccc12)C1CCSC1. The predicted octanol–water partition coefficient (Wildman–Crippen LogP) is 2.95. The quantitative estimate of drug-likeness (QED) is 0.836. The molecule has 1 aliphatic heterocycles. The van der Waals surface area contributed by atoms with Crippen LogP contribution in [0, 0.1) is 5.92 Å². The van der Waals surface area contributed by atoms with Crippen LogP contribution in [0.5, 0.6) is 0 Å². The molecule has 2 N–H and O–H groups in total. The minimum absolute atomic E-state index is 0.311. The first-order chi connectivity index (χ1) is 7.86. The van der Waals surface area contributed by atoms with E-state index in [1.807, 2.05) is 30.1 Å². The van der Waals surface area contributed by atoms with Gasteiger partial charge in [0, 0.05) is 17.1 Å². The van der Waals surface area contributed by atoms with Crippen molar-refractivity contribution in [3.05, 3.63) is 36.0 Å². The number of thioether (sulfide) groups is 1. The summed E-state index contributed by atoms with van der Waals surface area (Å²) in [7, 11) is 0. The average molecular weight is 233 g/mol.